The number of aryl methyl sites for hydroxylation is 2. The summed E-state index contributed by atoms with van der Waals surface area (Å²) in [5, 5.41) is 10.7. The molecular weight excluding hydrogens is 369 g/mol. The van der Waals surface area contributed by atoms with Gasteiger partial charge in [0.05, 0.1) is 11.6 Å². The van der Waals surface area contributed by atoms with Crippen LogP contribution < -0.4 is 0 Å². The van der Waals surface area contributed by atoms with Gasteiger partial charge in [-0.15, -0.1) is 0 Å². The fourth-order valence-corrected chi connectivity index (χ4v) is 5.02. The number of fused-ring (bicyclic) bond motifs is 1. The van der Waals surface area contributed by atoms with Crippen molar-refractivity contribution in [1.29, 1.82) is 5.26 Å². The molecule has 0 atom stereocenters. The lowest BCUT2D eigenvalue weighted by Crippen LogP contribution is -2.13. The number of halogens is 1. The van der Waals surface area contributed by atoms with Crippen LogP contribution in [0.1, 0.15) is 73.6 Å². The van der Waals surface area contributed by atoms with Crippen molar-refractivity contribution in [1.82, 2.24) is 0 Å². The molecule has 1 saturated carbocycles. The van der Waals surface area contributed by atoms with Crippen molar-refractivity contribution in [2.24, 2.45) is 5.92 Å². The van der Waals surface area contributed by atoms with Gasteiger partial charge >= 0.3 is 0 Å². The Kier molecular flexibility index (Phi) is 6.48. The van der Waals surface area contributed by atoms with Crippen molar-refractivity contribution in [2.45, 2.75) is 64.2 Å². The zero-order valence-electron chi connectivity index (χ0n) is 17.8. The molecule has 3 aromatic carbocycles. The van der Waals surface area contributed by atoms with Gasteiger partial charge in [0, 0.05) is 5.39 Å². The molecule has 1 aliphatic carbocycles. The molecular formula is C28H30FN. The molecule has 0 aromatic heterocycles. The predicted molar refractivity (Wildman–Crippen MR) is 122 cm³/mol. The Labute approximate surface area is 179 Å². The Balaban J connectivity index is 1.46. The molecule has 4 rings (SSSR count). The van der Waals surface area contributed by atoms with Gasteiger partial charge in [-0.25, -0.2) is 4.39 Å². The van der Waals surface area contributed by atoms with E-state index in [0.29, 0.717) is 17.9 Å². The van der Waals surface area contributed by atoms with Crippen LogP contribution >= 0.6 is 0 Å². The molecule has 0 N–H and O–H groups in total. The van der Waals surface area contributed by atoms with Crippen molar-refractivity contribution in [2.75, 3.05) is 0 Å². The molecule has 2 heteroatoms. The van der Waals surface area contributed by atoms with Crippen molar-refractivity contribution < 1.29 is 4.39 Å². The Morgan fingerprint density at radius 1 is 0.933 bits per heavy atom. The van der Waals surface area contributed by atoms with E-state index in [1.165, 1.54) is 44.1 Å². The first-order valence-corrected chi connectivity index (χ1v) is 11.4. The van der Waals surface area contributed by atoms with E-state index in [1.54, 1.807) is 0 Å². The van der Waals surface area contributed by atoms with Gasteiger partial charge in [-0.1, -0.05) is 62.2 Å². The third-order valence-electron chi connectivity index (χ3n) is 6.84. The van der Waals surface area contributed by atoms with Crippen molar-refractivity contribution in [3.8, 4) is 6.07 Å². The number of hydrogen-bond acceptors (Lipinski definition) is 1. The summed E-state index contributed by atoms with van der Waals surface area (Å²) in [6.07, 6.45) is 9.28. The zero-order valence-corrected chi connectivity index (χ0v) is 17.8. The largest absolute Gasteiger partial charge is 0.206 e. The highest BCUT2D eigenvalue weighted by Crippen LogP contribution is 2.38. The first kappa shape index (κ1) is 20.6. The molecule has 0 bridgehead atoms. The lowest BCUT2D eigenvalue weighted by molar-refractivity contribution is 0.308. The molecule has 1 aliphatic rings. The smallest absolute Gasteiger partial charge is 0.134 e. The van der Waals surface area contributed by atoms with Crippen LogP contribution in [0.2, 0.25) is 0 Å². The van der Waals surface area contributed by atoms with E-state index in [9.17, 15) is 0 Å². The maximum absolute atomic E-state index is 15.2. The summed E-state index contributed by atoms with van der Waals surface area (Å²) in [5.41, 5.74) is 3.93. The quantitative estimate of drug-likeness (QED) is 0.416. The molecule has 30 heavy (non-hydrogen) atoms. The van der Waals surface area contributed by atoms with Gasteiger partial charge < -0.3 is 0 Å². The number of nitrogens with zero attached hydrogens (tertiary/aromatic N) is 1. The molecule has 1 nitrogen and oxygen atoms in total. The normalized spacial score (nSPS) is 19.0. The van der Waals surface area contributed by atoms with Gasteiger partial charge in [-0.05, 0) is 84.6 Å². The molecule has 1 fully saturated rings. The van der Waals surface area contributed by atoms with Gasteiger partial charge in [0.2, 0.25) is 0 Å². The molecule has 0 aliphatic heterocycles. The second kappa shape index (κ2) is 9.43. The summed E-state index contributed by atoms with van der Waals surface area (Å²) in [4.78, 5) is 0. The van der Waals surface area contributed by atoms with Crippen LogP contribution in [0, 0.1) is 23.1 Å². The van der Waals surface area contributed by atoms with Crippen LogP contribution in [0.3, 0.4) is 0 Å². The van der Waals surface area contributed by atoms with Gasteiger partial charge in [0.1, 0.15) is 5.82 Å². The van der Waals surface area contributed by atoms with Crippen LogP contribution in [0.4, 0.5) is 4.39 Å². The number of benzene rings is 3. The summed E-state index contributed by atoms with van der Waals surface area (Å²) in [6.45, 7) is 2.28. The molecule has 0 saturated heterocycles. The average Bonchev–Trinajstić information content (AvgIpc) is 2.79. The van der Waals surface area contributed by atoms with Gasteiger partial charge in [-0.3, -0.25) is 0 Å². The minimum absolute atomic E-state index is 0.0839. The summed E-state index contributed by atoms with van der Waals surface area (Å²) in [6, 6.07) is 20.1. The Morgan fingerprint density at radius 2 is 1.70 bits per heavy atom. The molecule has 154 valence electrons. The monoisotopic (exact) mass is 399 g/mol. The highest BCUT2D eigenvalue weighted by molar-refractivity contribution is 5.84. The van der Waals surface area contributed by atoms with Crippen LogP contribution in [-0.2, 0) is 12.8 Å². The van der Waals surface area contributed by atoms with Crippen molar-refractivity contribution in [3.63, 3.8) is 0 Å². The molecule has 0 spiro atoms. The molecule has 0 unspecified atom stereocenters. The van der Waals surface area contributed by atoms with E-state index in [0.717, 1.165) is 34.2 Å². The molecule has 0 radical (unpaired) electrons. The van der Waals surface area contributed by atoms with E-state index in [1.807, 2.05) is 36.4 Å². The van der Waals surface area contributed by atoms with E-state index in [4.69, 9.17) is 5.26 Å². The van der Waals surface area contributed by atoms with Crippen LogP contribution in [-0.4, -0.2) is 0 Å². The van der Waals surface area contributed by atoms with Crippen LogP contribution in [0.15, 0.2) is 54.6 Å². The Morgan fingerprint density at radius 3 is 2.40 bits per heavy atom. The summed E-state index contributed by atoms with van der Waals surface area (Å²) >= 11 is 0. The summed E-state index contributed by atoms with van der Waals surface area (Å²) in [5.74, 6) is 1.45. The minimum Gasteiger partial charge on any atom is -0.206 e. The fourth-order valence-electron chi connectivity index (χ4n) is 5.02. The summed E-state index contributed by atoms with van der Waals surface area (Å²) in [7, 11) is 0. The van der Waals surface area contributed by atoms with Crippen molar-refractivity contribution >= 4 is 10.8 Å². The minimum atomic E-state index is -0.0839. The van der Waals surface area contributed by atoms with E-state index >= 15 is 4.39 Å². The molecule has 0 heterocycles. The van der Waals surface area contributed by atoms with Gasteiger partial charge in [0.25, 0.3) is 0 Å². The zero-order chi connectivity index (χ0) is 20.9. The maximum atomic E-state index is 15.2. The third kappa shape index (κ3) is 4.57. The second-order valence-corrected chi connectivity index (χ2v) is 8.83. The van der Waals surface area contributed by atoms with Crippen LogP contribution in [0.25, 0.3) is 10.8 Å². The average molecular weight is 400 g/mol. The molecule has 0 amide bonds. The topological polar surface area (TPSA) is 23.8 Å². The highest BCUT2D eigenvalue weighted by atomic mass is 19.1. The standard InChI is InChI=1S/C28H30FN/c1-2-3-20-8-11-23(12-9-20)25-16-17-27-26(18-25)15-14-24(28(27)29)13-10-21-4-6-22(19-30)7-5-21/h4-7,14-18,20,23H,2-3,8-13H2,1H3. The summed E-state index contributed by atoms with van der Waals surface area (Å²) < 4.78 is 15.2. The SMILES string of the molecule is CCCC1CCC(c2ccc3c(F)c(CCc4ccc(C#N)cc4)ccc3c2)CC1. The first-order valence-electron chi connectivity index (χ1n) is 11.4. The highest BCUT2D eigenvalue weighted by Gasteiger charge is 2.22. The predicted octanol–water partition coefficient (Wildman–Crippen LogP) is 7.71. The molecule has 3 aromatic rings. The van der Waals surface area contributed by atoms with E-state index < -0.39 is 0 Å². The Hall–Kier alpha value is -2.66. The van der Waals surface area contributed by atoms with Gasteiger partial charge in [-0.2, -0.15) is 5.26 Å². The van der Waals surface area contributed by atoms with E-state index in [2.05, 4.69) is 31.2 Å². The first-order chi connectivity index (χ1) is 14.7. The Bertz CT molecular complexity index is 1040. The lowest BCUT2D eigenvalue weighted by atomic mass is 9.77. The van der Waals surface area contributed by atoms with Crippen LogP contribution in [0.5, 0.6) is 0 Å². The third-order valence-corrected chi connectivity index (χ3v) is 6.84. The number of hydrogen-bond donors (Lipinski definition) is 0. The number of rotatable bonds is 6. The number of nitriles is 1. The van der Waals surface area contributed by atoms with Crippen molar-refractivity contribution in [3.05, 3.63) is 82.7 Å². The van der Waals surface area contributed by atoms with Gasteiger partial charge in [0.15, 0.2) is 0 Å². The van der Waals surface area contributed by atoms with E-state index in [-0.39, 0.29) is 5.82 Å². The maximum Gasteiger partial charge on any atom is 0.134 e. The second-order valence-electron chi connectivity index (χ2n) is 8.83. The lowest BCUT2D eigenvalue weighted by Gasteiger charge is -2.28. The fraction of sp³-hybridized carbons (Fsp3) is 0.393.